The van der Waals surface area contributed by atoms with Gasteiger partial charge in [-0.2, -0.15) is 0 Å². The van der Waals surface area contributed by atoms with Crippen molar-refractivity contribution in [1.29, 1.82) is 0 Å². The molecule has 142 valence electrons. The fourth-order valence-corrected chi connectivity index (χ4v) is 3.16. The van der Waals surface area contributed by atoms with E-state index in [9.17, 15) is 19.8 Å². The summed E-state index contributed by atoms with van der Waals surface area (Å²) in [7, 11) is 0. The van der Waals surface area contributed by atoms with Crippen LogP contribution in [0.1, 0.15) is 71.1 Å². The Balaban J connectivity index is 2.49. The number of carboxylic acids is 1. The van der Waals surface area contributed by atoms with Crippen LogP contribution in [-0.4, -0.2) is 39.3 Å². The average molecular weight is 352 g/mol. The summed E-state index contributed by atoms with van der Waals surface area (Å²) in [5.41, 5.74) is 0.636. The van der Waals surface area contributed by atoms with Gasteiger partial charge in [0, 0.05) is 18.8 Å². The molecule has 1 aliphatic carbocycles. The highest BCUT2D eigenvalue weighted by Gasteiger charge is 2.35. The number of allylic oxidation sites excluding steroid dienone is 2. The van der Waals surface area contributed by atoms with Crippen molar-refractivity contribution >= 4 is 11.8 Å². The number of aliphatic hydroxyl groups excluding tert-OH is 2. The summed E-state index contributed by atoms with van der Waals surface area (Å²) >= 11 is 0. The van der Waals surface area contributed by atoms with Gasteiger partial charge in [0.15, 0.2) is 5.78 Å². The van der Waals surface area contributed by atoms with E-state index < -0.39 is 18.2 Å². The van der Waals surface area contributed by atoms with Crippen molar-refractivity contribution in [2.24, 2.45) is 5.92 Å². The van der Waals surface area contributed by atoms with Gasteiger partial charge in [0.25, 0.3) is 0 Å². The second kappa shape index (κ2) is 12.0. The van der Waals surface area contributed by atoms with E-state index in [1.54, 1.807) is 6.08 Å². The number of unbranched alkanes of at least 4 members (excludes halogenated alkanes) is 3. The first-order chi connectivity index (χ1) is 12.0. The molecule has 0 radical (unpaired) electrons. The Hall–Kier alpha value is -1.46. The summed E-state index contributed by atoms with van der Waals surface area (Å²) in [4.78, 5) is 22.5. The van der Waals surface area contributed by atoms with E-state index in [0.29, 0.717) is 31.3 Å². The molecule has 0 aliphatic heterocycles. The summed E-state index contributed by atoms with van der Waals surface area (Å²) in [6.45, 7) is 2.12. The molecule has 0 aromatic carbocycles. The minimum atomic E-state index is -0.798. The lowest BCUT2D eigenvalue weighted by atomic mass is 9.94. The van der Waals surface area contributed by atoms with Crippen molar-refractivity contribution < 1.29 is 24.9 Å². The predicted molar refractivity (Wildman–Crippen MR) is 97.2 cm³/mol. The number of aliphatic hydroxyl groups is 2. The summed E-state index contributed by atoms with van der Waals surface area (Å²) in [6.07, 6.45) is 11.1. The van der Waals surface area contributed by atoms with Gasteiger partial charge in [-0.05, 0) is 37.7 Å². The van der Waals surface area contributed by atoms with Crippen LogP contribution < -0.4 is 0 Å². The van der Waals surface area contributed by atoms with Gasteiger partial charge in [0.2, 0.25) is 0 Å². The maximum atomic E-state index is 12.1. The van der Waals surface area contributed by atoms with Crippen LogP contribution in [-0.2, 0) is 9.59 Å². The maximum Gasteiger partial charge on any atom is 0.303 e. The number of carbonyl (C=O) groups is 2. The Morgan fingerprint density at radius 3 is 2.72 bits per heavy atom. The van der Waals surface area contributed by atoms with Crippen LogP contribution in [0.3, 0.4) is 0 Å². The molecule has 3 N–H and O–H groups in total. The van der Waals surface area contributed by atoms with Crippen LogP contribution in [0.15, 0.2) is 23.8 Å². The Labute approximate surface area is 150 Å². The first-order valence-corrected chi connectivity index (χ1v) is 9.41. The fourth-order valence-electron chi connectivity index (χ4n) is 3.16. The van der Waals surface area contributed by atoms with Crippen LogP contribution >= 0.6 is 0 Å². The number of Topliss-reactive ketones (excluding diaryl/α,β-unsaturated/α-hetero) is 1. The molecule has 3 atom stereocenters. The predicted octanol–water partition coefficient (Wildman–Crippen LogP) is 3.40. The average Bonchev–Trinajstić information content (AvgIpc) is 2.82. The minimum Gasteiger partial charge on any atom is -0.481 e. The Kier molecular flexibility index (Phi) is 10.3. The molecule has 5 heteroatoms. The molecule has 0 amide bonds. The van der Waals surface area contributed by atoms with E-state index >= 15 is 0 Å². The number of hydrogen-bond acceptors (Lipinski definition) is 4. The molecular weight excluding hydrogens is 320 g/mol. The number of rotatable bonds is 12. The third-order valence-corrected chi connectivity index (χ3v) is 4.65. The van der Waals surface area contributed by atoms with Gasteiger partial charge in [-0.15, -0.1) is 0 Å². The smallest absolute Gasteiger partial charge is 0.303 e. The Morgan fingerprint density at radius 1 is 1.28 bits per heavy atom. The molecular formula is C20H32O5. The van der Waals surface area contributed by atoms with Crippen molar-refractivity contribution in [3.8, 4) is 0 Å². The number of ketones is 1. The SMILES string of the molecule is CCCCC[C@@H](O)C/C=C1/C(=O)C[C@H](O)[C@@H]1C/C=C\CCCC(=O)O. The van der Waals surface area contributed by atoms with E-state index in [1.165, 1.54) is 0 Å². The largest absolute Gasteiger partial charge is 0.481 e. The van der Waals surface area contributed by atoms with Gasteiger partial charge in [0.1, 0.15) is 0 Å². The van der Waals surface area contributed by atoms with Crippen LogP contribution in [0.2, 0.25) is 0 Å². The third kappa shape index (κ3) is 8.45. The molecule has 1 aliphatic rings. The molecule has 0 bridgehead atoms. The number of carboxylic acid groups (broad SMARTS) is 1. The molecule has 1 fully saturated rings. The number of aliphatic carboxylic acids is 1. The summed E-state index contributed by atoms with van der Waals surface area (Å²) in [5.74, 6) is -1.04. The minimum absolute atomic E-state index is 0.0301. The van der Waals surface area contributed by atoms with Crippen molar-refractivity contribution in [2.75, 3.05) is 0 Å². The van der Waals surface area contributed by atoms with E-state index in [-0.39, 0.29) is 24.5 Å². The summed E-state index contributed by atoms with van der Waals surface area (Å²) in [5, 5.41) is 28.7. The first-order valence-electron chi connectivity index (χ1n) is 9.41. The van der Waals surface area contributed by atoms with E-state index in [1.807, 2.05) is 12.2 Å². The second-order valence-corrected chi connectivity index (χ2v) is 6.84. The second-order valence-electron chi connectivity index (χ2n) is 6.84. The third-order valence-electron chi connectivity index (χ3n) is 4.65. The van der Waals surface area contributed by atoms with E-state index in [0.717, 1.165) is 25.7 Å². The molecule has 1 rings (SSSR count). The standard InChI is InChI=1S/C20H32O5/c1-2-3-6-9-15(21)12-13-17-16(18(22)14-19(17)23)10-7-4-5-8-11-20(24)25/h4,7,13,15-16,18,21-22H,2-3,5-6,8-12,14H2,1H3,(H,24,25)/b7-4-,17-13+/t15-,16-,18+/m1/s1. The highest BCUT2D eigenvalue weighted by Crippen LogP contribution is 2.32. The lowest BCUT2D eigenvalue weighted by Gasteiger charge is -2.14. The van der Waals surface area contributed by atoms with Gasteiger partial charge in [0.05, 0.1) is 12.2 Å². The molecule has 0 aromatic rings. The van der Waals surface area contributed by atoms with Crippen molar-refractivity contribution in [3.05, 3.63) is 23.8 Å². The van der Waals surface area contributed by atoms with Gasteiger partial charge in [-0.3, -0.25) is 9.59 Å². The van der Waals surface area contributed by atoms with E-state index in [2.05, 4.69) is 6.92 Å². The zero-order chi connectivity index (χ0) is 18.7. The molecule has 25 heavy (non-hydrogen) atoms. The van der Waals surface area contributed by atoms with Crippen LogP contribution in [0.5, 0.6) is 0 Å². The lowest BCUT2D eigenvalue weighted by Crippen LogP contribution is -2.14. The highest BCUT2D eigenvalue weighted by molar-refractivity contribution is 5.98. The molecule has 1 saturated carbocycles. The topological polar surface area (TPSA) is 94.8 Å². The van der Waals surface area contributed by atoms with Gasteiger partial charge in [-0.1, -0.05) is 44.4 Å². The normalized spacial score (nSPS) is 23.6. The molecule has 0 heterocycles. The molecule has 0 aromatic heterocycles. The fraction of sp³-hybridized carbons (Fsp3) is 0.700. The van der Waals surface area contributed by atoms with Crippen LogP contribution in [0.4, 0.5) is 0 Å². The quantitative estimate of drug-likeness (QED) is 0.284. The zero-order valence-corrected chi connectivity index (χ0v) is 15.2. The number of hydrogen-bond donors (Lipinski definition) is 3. The summed E-state index contributed by atoms with van der Waals surface area (Å²) in [6, 6.07) is 0. The molecule has 0 saturated heterocycles. The maximum absolute atomic E-state index is 12.1. The van der Waals surface area contributed by atoms with Crippen molar-refractivity contribution in [3.63, 3.8) is 0 Å². The zero-order valence-electron chi connectivity index (χ0n) is 15.2. The number of carbonyl (C=O) groups excluding carboxylic acids is 1. The molecule has 5 nitrogen and oxygen atoms in total. The highest BCUT2D eigenvalue weighted by atomic mass is 16.4. The van der Waals surface area contributed by atoms with Gasteiger partial charge in [-0.25, -0.2) is 0 Å². The first kappa shape index (κ1) is 21.6. The van der Waals surface area contributed by atoms with Crippen LogP contribution in [0, 0.1) is 5.92 Å². The van der Waals surface area contributed by atoms with E-state index in [4.69, 9.17) is 5.11 Å². The van der Waals surface area contributed by atoms with Crippen molar-refractivity contribution in [2.45, 2.75) is 83.3 Å². The van der Waals surface area contributed by atoms with Gasteiger partial charge < -0.3 is 15.3 Å². The Morgan fingerprint density at radius 2 is 2.04 bits per heavy atom. The monoisotopic (exact) mass is 352 g/mol. The summed E-state index contributed by atoms with van der Waals surface area (Å²) < 4.78 is 0. The molecule has 0 unspecified atom stereocenters. The lowest BCUT2D eigenvalue weighted by molar-refractivity contribution is -0.137. The Bertz CT molecular complexity index is 480. The van der Waals surface area contributed by atoms with Crippen molar-refractivity contribution in [1.82, 2.24) is 0 Å². The molecule has 0 spiro atoms. The van der Waals surface area contributed by atoms with Gasteiger partial charge >= 0.3 is 5.97 Å². The van der Waals surface area contributed by atoms with Crippen LogP contribution in [0.25, 0.3) is 0 Å².